The highest BCUT2D eigenvalue weighted by Crippen LogP contribution is 2.32. The fourth-order valence-electron chi connectivity index (χ4n) is 3.09. The van der Waals surface area contributed by atoms with E-state index >= 15 is 0 Å². The number of hydrogen-bond acceptors (Lipinski definition) is 5. The molecular formula is C24H21N3O4. The Balaban J connectivity index is 1.30. The summed E-state index contributed by atoms with van der Waals surface area (Å²) in [5.74, 6) is 0.298. The Kier molecular flexibility index (Phi) is 5.93. The maximum atomic E-state index is 12.2. The summed E-state index contributed by atoms with van der Waals surface area (Å²) in [6.07, 6.45) is 0. The Labute approximate surface area is 179 Å². The van der Waals surface area contributed by atoms with Crippen LogP contribution in [0.1, 0.15) is 22.8 Å². The van der Waals surface area contributed by atoms with Gasteiger partial charge in [-0.3, -0.25) is 9.59 Å². The third-order valence-electron chi connectivity index (χ3n) is 4.80. The summed E-state index contributed by atoms with van der Waals surface area (Å²) in [6.45, 7) is 1.75. The van der Waals surface area contributed by atoms with Crippen molar-refractivity contribution in [1.29, 1.82) is 0 Å². The van der Waals surface area contributed by atoms with Crippen LogP contribution in [-0.4, -0.2) is 30.9 Å². The van der Waals surface area contributed by atoms with Crippen molar-refractivity contribution in [3.63, 3.8) is 0 Å². The molecule has 0 bridgehead atoms. The molecule has 4 rings (SSSR count). The largest absolute Gasteiger partial charge is 0.454 e. The molecule has 2 amide bonds. The van der Waals surface area contributed by atoms with E-state index in [2.05, 4.69) is 15.8 Å². The monoisotopic (exact) mass is 415 g/mol. The van der Waals surface area contributed by atoms with Crippen molar-refractivity contribution in [3.8, 4) is 22.6 Å². The van der Waals surface area contributed by atoms with Gasteiger partial charge >= 0.3 is 0 Å². The molecule has 0 fully saturated rings. The molecule has 0 radical (unpaired) electrons. The van der Waals surface area contributed by atoms with Gasteiger partial charge in [-0.05, 0) is 41.8 Å². The molecule has 1 aliphatic rings. The molecule has 156 valence electrons. The van der Waals surface area contributed by atoms with Crippen LogP contribution in [0.4, 0.5) is 0 Å². The fourth-order valence-corrected chi connectivity index (χ4v) is 3.09. The van der Waals surface area contributed by atoms with Gasteiger partial charge in [-0.25, -0.2) is 5.43 Å². The second kappa shape index (κ2) is 9.13. The Bertz CT molecular complexity index is 1130. The van der Waals surface area contributed by atoms with Crippen molar-refractivity contribution >= 4 is 17.5 Å². The molecule has 3 aromatic rings. The molecule has 0 spiro atoms. The van der Waals surface area contributed by atoms with E-state index in [0.717, 1.165) is 16.7 Å². The first-order valence-corrected chi connectivity index (χ1v) is 9.77. The van der Waals surface area contributed by atoms with Crippen LogP contribution < -0.4 is 20.2 Å². The third kappa shape index (κ3) is 4.90. The molecule has 31 heavy (non-hydrogen) atoms. The first-order chi connectivity index (χ1) is 15.1. The van der Waals surface area contributed by atoms with E-state index < -0.39 is 5.91 Å². The Hall–Kier alpha value is -4.13. The summed E-state index contributed by atoms with van der Waals surface area (Å²) < 4.78 is 10.5. The predicted octanol–water partition coefficient (Wildman–Crippen LogP) is 3.35. The highest BCUT2D eigenvalue weighted by Gasteiger charge is 2.16. The molecule has 3 aromatic carbocycles. The lowest BCUT2D eigenvalue weighted by Gasteiger charge is -2.07. The van der Waals surface area contributed by atoms with E-state index in [1.54, 1.807) is 18.2 Å². The summed E-state index contributed by atoms with van der Waals surface area (Å²) in [5, 5.41) is 6.69. The molecule has 7 heteroatoms. The molecule has 0 aliphatic carbocycles. The molecule has 2 N–H and O–H groups in total. The average molecular weight is 415 g/mol. The first-order valence-electron chi connectivity index (χ1n) is 9.77. The van der Waals surface area contributed by atoms with Crippen LogP contribution in [0.15, 0.2) is 77.9 Å². The van der Waals surface area contributed by atoms with E-state index in [9.17, 15) is 9.59 Å². The molecule has 1 heterocycles. The molecule has 0 saturated carbocycles. The number of benzene rings is 3. The Morgan fingerprint density at radius 1 is 0.871 bits per heavy atom. The maximum absolute atomic E-state index is 12.2. The summed E-state index contributed by atoms with van der Waals surface area (Å²) in [4.78, 5) is 24.3. The Morgan fingerprint density at radius 3 is 2.32 bits per heavy atom. The van der Waals surface area contributed by atoms with Crippen LogP contribution in [0.25, 0.3) is 11.1 Å². The first kappa shape index (κ1) is 20.2. The number of nitrogens with zero attached hydrogens (tertiary/aromatic N) is 1. The summed E-state index contributed by atoms with van der Waals surface area (Å²) >= 11 is 0. The maximum Gasteiger partial charge on any atom is 0.259 e. The fraction of sp³-hybridized carbons (Fsp3) is 0.125. The number of fused-ring (bicyclic) bond motifs is 1. The van der Waals surface area contributed by atoms with Gasteiger partial charge < -0.3 is 14.8 Å². The van der Waals surface area contributed by atoms with Crippen molar-refractivity contribution in [2.45, 2.75) is 6.92 Å². The van der Waals surface area contributed by atoms with E-state index in [0.29, 0.717) is 22.8 Å². The van der Waals surface area contributed by atoms with E-state index in [1.165, 1.54) is 0 Å². The summed E-state index contributed by atoms with van der Waals surface area (Å²) in [5.41, 5.74) is 6.64. The quantitative estimate of drug-likeness (QED) is 0.477. The third-order valence-corrected chi connectivity index (χ3v) is 4.80. The van der Waals surface area contributed by atoms with Crippen molar-refractivity contribution in [1.82, 2.24) is 10.7 Å². The molecule has 7 nitrogen and oxygen atoms in total. The number of nitrogens with one attached hydrogen (secondary N) is 2. The van der Waals surface area contributed by atoms with Crippen LogP contribution in [0.2, 0.25) is 0 Å². The van der Waals surface area contributed by atoms with Crippen molar-refractivity contribution in [3.05, 3.63) is 83.9 Å². The number of carbonyl (C=O) groups is 2. The smallest absolute Gasteiger partial charge is 0.259 e. The lowest BCUT2D eigenvalue weighted by molar-refractivity contribution is -0.120. The highest BCUT2D eigenvalue weighted by atomic mass is 16.7. The zero-order chi connectivity index (χ0) is 21.6. The van der Waals surface area contributed by atoms with Gasteiger partial charge in [-0.15, -0.1) is 0 Å². The van der Waals surface area contributed by atoms with Crippen molar-refractivity contribution < 1.29 is 19.1 Å². The van der Waals surface area contributed by atoms with Gasteiger partial charge in [0.2, 0.25) is 6.79 Å². The van der Waals surface area contributed by atoms with Crippen molar-refractivity contribution in [2.75, 3.05) is 13.3 Å². The summed E-state index contributed by atoms with van der Waals surface area (Å²) in [7, 11) is 0. The zero-order valence-corrected chi connectivity index (χ0v) is 16.9. The van der Waals surface area contributed by atoms with Crippen LogP contribution in [0, 0.1) is 0 Å². The molecule has 1 aliphatic heterocycles. The minimum absolute atomic E-state index is 0.134. The number of hydrogen-bond donors (Lipinski definition) is 2. The number of hydrazone groups is 1. The molecular weight excluding hydrogens is 394 g/mol. The predicted molar refractivity (Wildman–Crippen MR) is 117 cm³/mol. The van der Waals surface area contributed by atoms with Gasteiger partial charge in [0.05, 0.1) is 12.3 Å². The van der Waals surface area contributed by atoms with Gasteiger partial charge in [-0.1, -0.05) is 54.6 Å². The number of amides is 2. The minimum atomic E-state index is -0.422. The lowest BCUT2D eigenvalue weighted by Crippen LogP contribution is -2.35. The van der Waals surface area contributed by atoms with Crippen LogP contribution in [0.5, 0.6) is 11.5 Å². The molecule has 0 atom stereocenters. The number of carbonyl (C=O) groups excluding carboxylic acids is 2. The average Bonchev–Trinajstić information content (AvgIpc) is 3.29. The second-order valence-corrected chi connectivity index (χ2v) is 6.93. The second-order valence-electron chi connectivity index (χ2n) is 6.93. The van der Waals surface area contributed by atoms with Crippen LogP contribution in [0.3, 0.4) is 0 Å². The lowest BCUT2D eigenvalue weighted by atomic mass is 10.0. The van der Waals surface area contributed by atoms with Gasteiger partial charge in [0.25, 0.3) is 11.8 Å². The topological polar surface area (TPSA) is 89.0 Å². The summed E-state index contributed by atoms with van der Waals surface area (Å²) in [6, 6.07) is 22.9. The SMILES string of the molecule is C/C(=N\NC(=O)CNC(=O)c1ccc2c(c1)OCO2)c1ccc(-c2ccccc2)cc1. The van der Waals surface area contributed by atoms with Gasteiger partial charge in [0, 0.05) is 5.56 Å². The zero-order valence-electron chi connectivity index (χ0n) is 16.9. The minimum Gasteiger partial charge on any atom is -0.454 e. The Morgan fingerprint density at radius 2 is 1.55 bits per heavy atom. The molecule has 0 aromatic heterocycles. The van der Waals surface area contributed by atoms with E-state index in [4.69, 9.17) is 9.47 Å². The number of ether oxygens (including phenoxy) is 2. The van der Waals surface area contributed by atoms with Crippen LogP contribution in [-0.2, 0) is 4.79 Å². The molecule has 0 unspecified atom stereocenters. The van der Waals surface area contributed by atoms with Gasteiger partial charge in [0.15, 0.2) is 11.5 Å². The van der Waals surface area contributed by atoms with E-state index in [1.807, 2.05) is 61.5 Å². The van der Waals surface area contributed by atoms with E-state index in [-0.39, 0.29) is 19.2 Å². The highest BCUT2D eigenvalue weighted by molar-refractivity contribution is 6.00. The van der Waals surface area contributed by atoms with Crippen LogP contribution >= 0.6 is 0 Å². The normalized spacial score (nSPS) is 12.4. The standard InChI is InChI=1S/C24H21N3O4/c1-16(17-7-9-19(10-8-17)18-5-3-2-4-6-18)26-27-23(28)14-25-24(29)20-11-12-21-22(13-20)31-15-30-21/h2-13H,14-15H2,1H3,(H,25,29)(H,27,28)/b26-16+. The number of rotatable bonds is 6. The van der Waals surface area contributed by atoms with Crippen molar-refractivity contribution in [2.24, 2.45) is 5.10 Å². The van der Waals surface area contributed by atoms with Gasteiger partial charge in [-0.2, -0.15) is 5.10 Å². The van der Waals surface area contributed by atoms with Gasteiger partial charge in [0.1, 0.15) is 0 Å². The molecule has 0 saturated heterocycles.